The fourth-order valence-electron chi connectivity index (χ4n) is 14.9. The SMILES string of the molecule is c1ccc(-c2cccc(-c3cc(N(c4ccc5c(c4)Sc4ccccc4C54c5ccccc5-c5ccccc54)c4ccc5c(c4)C4(c6ccccc6S5)c5ccccc5-c5ccc(-c6ccccc6)cc54)c4oc5ccccc5c4c3)c2)cc1. The van der Waals surface area contributed by atoms with Gasteiger partial charge in [-0.1, -0.05) is 248 Å². The molecule has 18 rings (SSSR count). The van der Waals surface area contributed by atoms with Crippen molar-refractivity contribution in [3.63, 3.8) is 0 Å². The molecule has 2 aliphatic carbocycles. The van der Waals surface area contributed by atoms with Crippen LogP contribution in [0.25, 0.3) is 77.6 Å². The number of hydrogen-bond donors (Lipinski definition) is 0. The Balaban J connectivity index is 0.930. The highest BCUT2D eigenvalue weighted by Gasteiger charge is 2.52. The van der Waals surface area contributed by atoms with Crippen LogP contribution in [0.1, 0.15) is 44.5 Å². The smallest absolute Gasteiger partial charge is 0.159 e. The van der Waals surface area contributed by atoms with Gasteiger partial charge < -0.3 is 9.32 Å². The molecule has 4 aliphatic rings. The van der Waals surface area contributed by atoms with Crippen molar-refractivity contribution in [2.45, 2.75) is 30.4 Å². The van der Waals surface area contributed by atoms with E-state index in [-0.39, 0.29) is 0 Å². The monoisotopic (exact) mass is 1100 g/mol. The molecule has 0 amide bonds. The summed E-state index contributed by atoms with van der Waals surface area (Å²) in [7, 11) is 0. The fourth-order valence-corrected chi connectivity index (χ4v) is 17.3. The van der Waals surface area contributed by atoms with Crippen molar-refractivity contribution in [2.75, 3.05) is 4.90 Å². The Kier molecular flexibility index (Phi) is 10.4. The lowest BCUT2D eigenvalue weighted by atomic mass is 9.67. The third-order valence-electron chi connectivity index (χ3n) is 18.4. The Labute approximate surface area is 496 Å². The van der Waals surface area contributed by atoms with Crippen LogP contribution < -0.4 is 4.90 Å². The highest BCUT2D eigenvalue weighted by atomic mass is 32.2. The molecule has 0 N–H and O–H groups in total. The Morgan fingerprint density at radius 1 is 0.262 bits per heavy atom. The predicted octanol–water partition coefficient (Wildman–Crippen LogP) is 21.7. The van der Waals surface area contributed by atoms with E-state index in [1.54, 1.807) is 0 Å². The van der Waals surface area contributed by atoms with E-state index in [1.165, 1.54) is 109 Å². The molecule has 0 saturated heterocycles. The molecule has 1 unspecified atom stereocenters. The van der Waals surface area contributed by atoms with Crippen LogP contribution in [0.5, 0.6) is 0 Å². The second-order valence-electron chi connectivity index (χ2n) is 22.6. The molecule has 1 aromatic heterocycles. The summed E-state index contributed by atoms with van der Waals surface area (Å²) in [6.45, 7) is 0. The van der Waals surface area contributed by atoms with Crippen LogP contribution in [0.15, 0.2) is 321 Å². The fraction of sp³-hybridized carbons (Fsp3) is 0.0250. The van der Waals surface area contributed by atoms with E-state index < -0.39 is 10.8 Å². The number of furan rings is 1. The van der Waals surface area contributed by atoms with Crippen molar-refractivity contribution in [2.24, 2.45) is 0 Å². The molecule has 2 aliphatic heterocycles. The van der Waals surface area contributed by atoms with Gasteiger partial charge in [0, 0.05) is 41.7 Å². The Bertz CT molecular complexity index is 5010. The quantitative estimate of drug-likeness (QED) is 0.165. The van der Waals surface area contributed by atoms with Gasteiger partial charge >= 0.3 is 0 Å². The van der Waals surface area contributed by atoms with Gasteiger partial charge in [-0.3, -0.25) is 0 Å². The van der Waals surface area contributed by atoms with Gasteiger partial charge in [-0.2, -0.15) is 0 Å². The van der Waals surface area contributed by atoms with Crippen LogP contribution in [-0.4, -0.2) is 0 Å². The second kappa shape index (κ2) is 18.3. The van der Waals surface area contributed by atoms with E-state index in [0.29, 0.717) is 0 Å². The number of anilines is 3. The summed E-state index contributed by atoms with van der Waals surface area (Å²) in [5.41, 5.74) is 26.1. The number of nitrogens with zero attached hydrogens (tertiary/aromatic N) is 1. The summed E-state index contributed by atoms with van der Waals surface area (Å²) in [5, 5.41) is 2.15. The first-order valence-electron chi connectivity index (χ1n) is 28.9. The molecule has 4 heteroatoms. The number of hydrogen-bond acceptors (Lipinski definition) is 4. The van der Waals surface area contributed by atoms with Crippen molar-refractivity contribution in [1.82, 2.24) is 0 Å². The largest absolute Gasteiger partial charge is 0.454 e. The maximum absolute atomic E-state index is 7.25. The summed E-state index contributed by atoms with van der Waals surface area (Å²) < 4.78 is 7.25. The van der Waals surface area contributed by atoms with Crippen LogP contribution >= 0.6 is 23.5 Å². The zero-order valence-electron chi connectivity index (χ0n) is 45.5. The molecule has 13 aromatic carbocycles. The minimum absolute atomic E-state index is 0.520. The maximum atomic E-state index is 7.25. The first-order valence-corrected chi connectivity index (χ1v) is 30.5. The van der Waals surface area contributed by atoms with Crippen LogP contribution in [0.3, 0.4) is 0 Å². The molecule has 0 saturated carbocycles. The molecule has 0 radical (unpaired) electrons. The summed E-state index contributed by atoms with van der Waals surface area (Å²) in [4.78, 5) is 7.51. The molecule has 2 spiro atoms. The topological polar surface area (TPSA) is 16.4 Å². The van der Waals surface area contributed by atoms with Gasteiger partial charge in [0.1, 0.15) is 5.58 Å². The van der Waals surface area contributed by atoms with Gasteiger partial charge in [0.15, 0.2) is 5.58 Å². The second-order valence-corrected chi connectivity index (χ2v) is 24.7. The van der Waals surface area contributed by atoms with Crippen molar-refractivity contribution >= 4 is 62.5 Å². The van der Waals surface area contributed by atoms with Gasteiger partial charge in [0.05, 0.1) is 16.5 Å². The first-order chi connectivity index (χ1) is 41.6. The first kappa shape index (κ1) is 47.8. The summed E-state index contributed by atoms with van der Waals surface area (Å²) in [5.74, 6) is 0. The van der Waals surface area contributed by atoms with Gasteiger partial charge in [0.2, 0.25) is 0 Å². The van der Waals surface area contributed by atoms with E-state index >= 15 is 0 Å². The molecule has 1 atom stereocenters. The van der Waals surface area contributed by atoms with Crippen LogP contribution in [0.2, 0.25) is 0 Å². The lowest BCUT2D eigenvalue weighted by Gasteiger charge is -2.41. The lowest BCUT2D eigenvalue weighted by Crippen LogP contribution is -2.32. The summed E-state index contributed by atoms with van der Waals surface area (Å²) >= 11 is 3.76. The van der Waals surface area contributed by atoms with E-state index in [1.807, 2.05) is 23.5 Å². The molecule has 3 heterocycles. The van der Waals surface area contributed by atoms with Gasteiger partial charge in [0.25, 0.3) is 0 Å². The minimum Gasteiger partial charge on any atom is -0.454 e. The molecular formula is C80H49NOS2. The van der Waals surface area contributed by atoms with Crippen molar-refractivity contribution in [3.05, 3.63) is 342 Å². The molecular weight excluding hydrogens is 1060 g/mol. The molecule has 392 valence electrons. The number of fused-ring (bicyclic) bond motifs is 21. The Morgan fingerprint density at radius 3 is 1.40 bits per heavy atom. The zero-order valence-corrected chi connectivity index (χ0v) is 47.1. The van der Waals surface area contributed by atoms with E-state index in [2.05, 4.69) is 302 Å². The molecule has 14 aromatic rings. The number of rotatable bonds is 6. The molecule has 2 nitrogen and oxygen atoms in total. The summed E-state index contributed by atoms with van der Waals surface area (Å²) in [6.07, 6.45) is 0. The average molecular weight is 1100 g/mol. The zero-order chi connectivity index (χ0) is 55.1. The standard InChI is InChI=1S/C80H49NOS2/c1-3-20-50(21-4-1)52-24-19-25-53(44-52)55-45-63-62-29-10-16-35-73(62)82-78(63)72(47-55)81(57-39-42-69-77(49-57)84-75-37-18-14-33-67(75)79(69)64-30-11-7-26-58(64)59-27-8-12-31-65(59)79)56-40-43-76-71(48-56)80(68-34-15-17-36-74(68)83-76)66-32-13-9-28-60(66)61-41-38-54(46-70(61)80)51-22-5-2-6-23-51/h1-49H. The Morgan fingerprint density at radius 2 is 0.738 bits per heavy atom. The Hall–Kier alpha value is -9.84. The molecule has 84 heavy (non-hydrogen) atoms. The van der Waals surface area contributed by atoms with E-state index in [9.17, 15) is 0 Å². The van der Waals surface area contributed by atoms with Crippen LogP contribution in [-0.2, 0) is 10.8 Å². The van der Waals surface area contributed by atoms with Gasteiger partial charge in [-0.15, -0.1) is 0 Å². The van der Waals surface area contributed by atoms with Crippen molar-refractivity contribution in [3.8, 4) is 55.6 Å². The lowest BCUT2D eigenvalue weighted by molar-refractivity contribution is 0.669. The van der Waals surface area contributed by atoms with Crippen LogP contribution in [0.4, 0.5) is 17.1 Å². The van der Waals surface area contributed by atoms with Crippen LogP contribution in [0, 0.1) is 0 Å². The highest BCUT2D eigenvalue weighted by Crippen LogP contribution is 2.65. The molecule has 0 fully saturated rings. The third kappa shape index (κ3) is 6.72. The summed E-state index contributed by atoms with van der Waals surface area (Å²) in [6, 6.07) is 111. The van der Waals surface area contributed by atoms with E-state index in [0.717, 1.165) is 50.1 Å². The molecule has 0 bridgehead atoms. The minimum atomic E-state index is -0.644. The number of benzene rings is 13. The number of para-hydroxylation sites is 1. The third-order valence-corrected chi connectivity index (χ3v) is 20.7. The normalized spacial score (nSPS) is 15.2. The van der Waals surface area contributed by atoms with Crippen molar-refractivity contribution in [1.29, 1.82) is 0 Å². The van der Waals surface area contributed by atoms with Gasteiger partial charge in [-0.25, -0.2) is 0 Å². The average Bonchev–Trinajstić information content (AvgIpc) is 3.12. The van der Waals surface area contributed by atoms with Gasteiger partial charge in [-0.05, 0) is 173 Å². The van der Waals surface area contributed by atoms with Crippen molar-refractivity contribution < 1.29 is 4.42 Å². The highest BCUT2D eigenvalue weighted by molar-refractivity contribution is 7.99. The van der Waals surface area contributed by atoms with E-state index in [4.69, 9.17) is 4.42 Å². The predicted molar refractivity (Wildman–Crippen MR) is 348 cm³/mol. The maximum Gasteiger partial charge on any atom is 0.159 e.